The van der Waals surface area contributed by atoms with Crippen LogP contribution in [0.5, 0.6) is 0 Å². The van der Waals surface area contributed by atoms with E-state index in [1.54, 1.807) is 30.5 Å². The number of carbonyl (C=O) groups excluding carboxylic acids is 1. The van der Waals surface area contributed by atoms with Gasteiger partial charge in [-0.15, -0.1) is 0 Å². The molecule has 2 rings (SSSR count). The highest BCUT2D eigenvalue weighted by Gasteiger charge is 2.08. The summed E-state index contributed by atoms with van der Waals surface area (Å²) >= 11 is 0. The molecule has 0 saturated carbocycles. The quantitative estimate of drug-likeness (QED) is 0.758. The van der Waals surface area contributed by atoms with E-state index in [0.29, 0.717) is 17.0 Å². The van der Waals surface area contributed by atoms with Gasteiger partial charge in [-0.2, -0.15) is 0 Å². The summed E-state index contributed by atoms with van der Waals surface area (Å²) in [7, 11) is -1.04. The van der Waals surface area contributed by atoms with Gasteiger partial charge in [0.25, 0.3) is 0 Å². The predicted octanol–water partition coefficient (Wildman–Crippen LogP) is 2.15. The Balaban J connectivity index is 1.77. The third kappa shape index (κ3) is 5.84. The molecule has 0 saturated heterocycles. The molecule has 6 heteroatoms. The van der Waals surface area contributed by atoms with Crippen molar-refractivity contribution in [1.29, 1.82) is 0 Å². The van der Waals surface area contributed by atoms with Crippen LogP contribution in [0, 0.1) is 0 Å². The zero-order chi connectivity index (χ0) is 16.7. The number of rotatable bonds is 6. The van der Waals surface area contributed by atoms with Crippen molar-refractivity contribution in [2.45, 2.75) is 17.4 Å². The zero-order valence-corrected chi connectivity index (χ0v) is 13.7. The van der Waals surface area contributed by atoms with Crippen molar-refractivity contribution in [3.63, 3.8) is 0 Å². The summed E-state index contributed by atoms with van der Waals surface area (Å²) in [4.78, 5) is 12.5. The molecule has 2 unspecified atom stereocenters. The van der Waals surface area contributed by atoms with Crippen LogP contribution in [0.4, 0.5) is 10.5 Å². The summed E-state index contributed by atoms with van der Waals surface area (Å²) in [6.07, 6.45) is 1.44. The summed E-state index contributed by atoms with van der Waals surface area (Å²) in [5, 5.41) is 15.2. The molecule has 23 heavy (non-hydrogen) atoms. The van der Waals surface area contributed by atoms with Gasteiger partial charge in [-0.3, -0.25) is 4.21 Å². The predicted molar refractivity (Wildman–Crippen MR) is 91.9 cm³/mol. The first-order valence-corrected chi connectivity index (χ1v) is 8.81. The number of benzene rings is 2. The van der Waals surface area contributed by atoms with Gasteiger partial charge in [0.15, 0.2) is 0 Å². The Hall–Kier alpha value is -2.18. The zero-order valence-electron chi connectivity index (χ0n) is 12.9. The van der Waals surface area contributed by atoms with Gasteiger partial charge in [0.1, 0.15) is 0 Å². The molecule has 0 radical (unpaired) electrons. The molecule has 2 aromatic rings. The van der Waals surface area contributed by atoms with E-state index in [1.807, 2.05) is 30.3 Å². The highest BCUT2D eigenvalue weighted by molar-refractivity contribution is 7.84. The van der Waals surface area contributed by atoms with Crippen LogP contribution >= 0.6 is 0 Å². The molecule has 0 bridgehead atoms. The van der Waals surface area contributed by atoms with Gasteiger partial charge in [0.05, 0.1) is 6.10 Å². The average molecular weight is 332 g/mol. The van der Waals surface area contributed by atoms with Gasteiger partial charge in [-0.05, 0) is 29.8 Å². The van der Waals surface area contributed by atoms with E-state index in [1.165, 1.54) is 0 Å². The van der Waals surface area contributed by atoms with Crippen molar-refractivity contribution in [1.82, 2.24) is 5.32 Å². The van der Waals surface area contributed by atoms with Gasteiger partial charge in [-0.25, -0.2) is 4.79 Å². The monoisotopic (exact) mass is 332 g/mol. The first-order valence-electron chi connectivity index (χ1n) is 7.25. The minimum Gasteiger partial charge on any atom is -0.391 e. The largest absolute Gasteiger partial charge is 0.391 e. The lowest BCUT2D eigenvalue weighted by Crippen LogP contribution is -2.36. The Kier molecular flexibility index (Phi) is 6.31. The third-order valence-corrected chi connectivity index (χ3v) is 4.19. The van der Waals surface area contributed by atoms with Crippen LogP contribution in [-0.2, 0) is 17.2 Å². The number of urea groups is 1. The van der Waals surface area contributed by atoms with Crippen LogP contribution < -0.4 is 10.6 Å². The highest BCUT2D eigenvalue weighted by atomic mass is 32.2. The summed E-state index contributed by atoms with van der Waals surface area (Å²) in [5.74, 6) is 0. The number of nitrogens with one attached hydrogen (secondary N) is 2. The smallest absolute Gasteiger partial charge is 0.319 e. The number of aliphatic hydroxyl groups is 1. The molecule has 2 aromatic carbocycles. The average Bonchev–Trinajstić information content (AvgIpc) is 2.54. The van der Waals surface area contributed by atoms with Crippen LogP contribution in [0.15, 0.2) is 59.5 Å². The first kappa shape index (κ1) is 17.2. The molecule has 0 aliphatic heterocycles. The van der Waals surface area contributed by atoms with Gasteiger partial charge in [0, 0.05) is 40.6 Å². The molecule has 2 atom stereocenters. The van der Waals surface area contributed by atoms with Crippen molar-refractivity contribution in [3.05, 3.63) is 60.2 Å². The fraction of sp³-hybridized carbons (Fsp3) is 0.235. The Labute approximate surface area is 138 Å². The maximum absolute atomic E-state index is 11.8. The topological polar surface area (TPSA) is 78.4 Å². The third-order valence-electron chi connectivity index (χ3n) is 3.26. The van der Waals surface area contributed by atoms with E-state index in [0.717, 1.165) is 5.56 Å². The second kappa shape index (κ2) is 8.45. The molecule has 2 amide bonds. The Morgan fingerprint density at radius 2 is 1.78 bits per heavy atom. The van der Waals surface area contributed by atoms with Crippen molar-refractivity contribution < 1.29 is 14.1 Å². The molecule has 5 nitrogen and oxygen atoms in total. The van der Waals surface area contributed by atoms with Crippen molar-refractivity contribution in [2.24, 2.45) is 0 Å². The van der Waals surface area contributed by atoms with Crippen LogP contribution in [0.25, 0.3) is 0 Å². The fourth-order valence-electron chi connectivity index (χ4n) is 2.07. The minimum atomic E-state index is -1.04. The SMILES string of the molecule is CS(=O)c1ccc(NC(=O)NCC(O)Cc2ccccc2)cc1. The lowest BCUT2D eigenvalue weighted by molar-refractivity contribution is 0.172. The van der Waals surface area contributed by atoms with Crippen molar-refractivity contribution in [3.8, 4) is 0 Å². The molecule has 0 fully saturated rings. The first-order chi connectivity index (χ1) is 11.0. The number of carbonyl (C=O) groups is 1. The second-order valence-corrected chi connectivity index (χ2v) is 6.54. The van der Waals surface area contributed by atoms with E-state index in [4.69, 9.17) is 0 Å². The normalized spacial score (nSPS) is 13.1. The molecule has 0 heterocycles. The Morgan fingerprint density at radius 3 is 2.39 bits per heavy atom. The lowest BCUT2D eigenvalue weighted by Gasteiger charge is -2.13. The van der Waals surface area contributed by atoms with Crippen molar-refractivity contribution >= 4 is 22.5 Å². The highest BCUT2D eigenvalue weighted by Crippen LogP contribution is 2.11. The summed E-state index contributed by atoms with van der Waals surface area (Å²) in [5.41, 5.74) is 1.62. The molecule has 0 aliphatic rings. The van der Waals surface area contributed by atoms with Gasteiger partial charge >= 0.3 is 6.03 Å². The fourth-order valence-corrected chi connectivity index (χ4v) is 2.59. The van der Waals surface area contributed by atoms with Crippen LogP contribution in [0.2, 0.25) is 0 Å². The minimum absolute atomic E-state index is 0.164. The van der Waals surface area contributed by atoms with E-state index in [9.17, 15) is 14.1 Å². The van der Waals surface area contributed by atoms with Crippen LogP contribution in [0.1, 0.15) is 5.56 Å². The summed E-state index contributed by atoms with van der Waals surface area (Å²) < 4.78 is 11.3. The molecule has 0 spiro atoms. The number of anilines is 1. The second-order valence-electron chi connectivity index (χ2n) is 5.16. The standard InChI is InChI=1S/C17H20N2O3S/c1-23(22)16-9-7-14(8-10-16)19-17(21)18-12-15(20)11-13-5-3-2-4-6-13/h2-10,15,20H,11-12H2,1H3,(H2,18,19,21). The summed E-state index contributed by atoms with van der Waals surface area (Å²) in [6.45, 7) is 0.164. The van der Waals surface area contributed by atoms with E-state index in [2.05, 4.69) is 10.6 Å². The number of hydrogen-bond acceptors (Lipinski definition) is 3. The van der Waals surface area contributed by atoms with Gasteiger partial charge < -0.3 is 15.7 Å². The van der Waals surface area contributed by atoms with E-state index in [-0.39, 0.29) is 12.6 Å². The molecule has 3 N–H and O–H groups in total. The van der Waals surface area contributed by atoms with Gasteiger partial charge in [0.2, 0.25) is 0 Å². The number of hydrogen-bond donors (Lipinski definition) is 3. The van der Waals surface area contributed by atoms with E-state index >= 15 is 0 Å². The maximum Gasteiger partial charge on any atom is 0.319 e. The number of amides is 2. The molecule has 0 aromatic heterocycles. The summed E-state index contributed by atoms with van der Waals surface area (Å²) in [6, 6.07) is 16.0. The van der Waals surface area contributed by atoms with Crippen molar-refractivity contribution in [2.75, 3.05) is 18.1 Å². The van der Waals surface area contributed by atoms with Gasteiger partial charge in [-0.1, -0.05) is 30.3 Å². The molecule has 122 valence electrons. The lowest BCUT2D eigenvalue weighted by atomic mass is 10.1. The van der Waals surface area contributed by atoms with E-state index < -0.39 is 16.9 Å². The number of aliphatic hydroxyl groups excluding tert-OH is 1. The molecular weight excluding hydrogens is 312 g/mol. The van der Waals surface area contributed by atoms with Crippen LogP contribution in [0.3, 0.4) is 0 Å². The molecular formula is C17H20N2O3S. The van der Waals surface area contributed by atoms with Crippen LogP contribution in [-0.4, -0.2) is 34.3 Å². The Morgan fingerprint density at radius 1 is 1.13 bits per heavy atom. The molecule has 0 aliphatic carbocycles. The Bertz CT molecular complexity index is 659. The maximum atomic E-state index is 11.8.